The minimum atomic E-state index is -1.51. The molecule has 2 aliphatic carbocycles. The number of nitrogens with zero attached hydrogens (tertiary/aromatic N) is 3. The summed E-state index contributed by atoms with van der Waals surface area (Å²) < 4.78 is 0.926. The first kappa shape index (κ1) is 16.8. The maximum Gasteiger partial charge on any atom is 0.192 e. The second kappa shape index (κ2) is 6.10. The van der Waals surface area contributed by atoms with E-state index in [2.05, 4.69) is 47.1 Å². The van der Waals surface area contributed by atoms with E-state index in [4.69, 9.17) is 5.73 Å². The molecule has 0 aromatic carbocycles. The van der Waals surface area contributed by atoms with E-state index in [1.54, 1.807) is 0 Å². The Kier molecular flexibility index (Phi) is 4.26. The van der Waals surface area contributed by atoms with Crippen molar-refractivity contribution in [1.29, 1.82) is 15.8 Å². The van der Waals surface area contributed by atoms with Gasteiger partial charge in [0.15, 0.2) is 5.41 Å². The van der Waals surface area contributed by atoms with Gasteiger partial charge in [0.05, 0.1) is 23.4 Å². The number of rotatable bonds is 1. The molecule has 2 N–H and O–H groups in total. The molecule has 6 heteroatoms. The molecule has 1 aromatic rings. The Morgan fingerprint density at radius 1 is 1.33 bits per heavy atom. The Balaban J connectivity index is 2.33. The molecule has 0 saturated carbocycles. The van der Waals surface area contributed by atoms with Crippen molar-refractivity contribution in [3.8, 4) is 18.2 Å². The van der Waals surface area contributed by atoms with Gasteiger partial charge < -0.3 is 5.73 Å². The molecular formula is C18H15BrN4S. The number of thiophene rings is 1. The van der Waals surface area contributed by atoms with E-state index in [9.17, 15) is 15.8 Å². The van der Waals surface area contributed by atoms with E-state index < -0.39 is 5.41 Å². The van der Waals surface area contributed by atoms with Crippen molar-refractivity contribution in [1.82, 2.24) is 0 Å². The average molecular weight is 399 g/mol. The summed E-state index contributed by atoms with van der Waals surface area (Å²) in [5, 5.41) is 31.3. The lowest BCUT2D eigenvalue weighted by Crippen LogP contribution is -2.43. The molecule has 0 fully saturated rings. The number of nitriles is 3. The largest absolute Gasteiger partial charge is 0.399 e. The molecule has 2 aliphatic rings. The van der Waals surface area contributed by atoms with Crippen LogP contribution >= 0.6 is 27.3 Å². The summed E-state index contributed by atoms with van der Waals surface area (Å²) in [4.78, 5) is 0.954. The zero-order valence-corrected chi connectivity index (χ0v) is 15.5. The van der Waals surface area contributed by atoms with Crippen LogP contribution in [0.2, 0.25) is 0 Å². The van der Waals surface area contributed by atoms with Crippen molar-refractivity contribution in [2.24, 2.45) is 23.0 Å². The summed E-state index contributed by atoms with van der Waals surface area (Å²) in [5.41, 5.74) is 6.05. The maximum atomic E-state index is 9.90. The summed E-state index contributed by atoms with van der Waals surface area (Å²) in [5.74, 6) is 0.0504. The van der Waals surface area contributed by atoms with Gasteiger partial charge in [0, 0.05) is 20.6 Å². The molecule has 1 heterocycles. The maximum absolute atomic E-state index is 9.90. The SMILES string of the molecule is CC1CC=C2C(C#N)=C(N)C(C#N)(C#N)C(c3cc(Br)cs3)C2C1. The predicted octanol–water partition coefficient (Wildman–Crippen LogP) is 4.35. The zero-order valence-electron chi connectivity index (χ0n) is 13.1. The van der Waals surface area contributed by atoms with Crippen molar-refractivity contribution < 1.29 is 0 Å². The van der Waals surface area contributed by atoms with Crippen molar-refractivity contribution >= 4 is 27.3 Å². The second-order valence-corrected chi connectivity index (χ2v) is 8.28. The highest BCUT2D eigenvalue weighted by molar-refractivity contribution is 9.10. The van der Waals surface area contributed by atoms with Crippen LogP contribution in [0.1, 0.15) is 30.6 Å². The molecule has 0 aliphatic heterocycles. The molecule has 3 unspecified atom stereocenters. The third kappa shape index (κ3) is 2.28. The van der Waals surface area contributed by atoms with E-state index in [1.165, 1.54) is 11.3 Å². The van der Waals surface area contributed by atoms with Gasteiger partial charge in [-0.3, -0.25) is 0 Å². The van der Waals surface area contributed by atoms with Crippen molar-refractivity contribution in [2.45, 2.75) is 25.7 Å². The van der Waals surface area contributed by atoms with Gasteiger partial charge in [0.2, 0.25) is 0 Å². The van der Waals surface area contributed by atoms with E-state index in [0.717, 1.165) is 27.8 Å². The number of hydrogen-bond acceptors (Lipinski definition) is 5. The number of fused-ring (bicyclic) bond motifs is 1. The average Bonchev–Trinajstić information content (AvgIpc) is 3.00. The van der Waals surface area contributed by atoms with Crippen molar-refractivity contribution in [2.75, 3.05) is 0 Å². The lowest BCUT2D eigenvalue weighted by atomic mass is 9.57. The number of halogens is 1. The molecule has 0 radical (unpaired) electrons. The van der Waals surface area contributed by atoms with Crippen LogP contribution < -0.4 is 5.73 Å². The lowest BCUT2D eigenvalue weighted by molar-refractivity contribution is 0.287. The summed E-state index contributed by atoms with van der Waals surface area (Å²) in [7, 11) is 0. The summed E-state index contributed by atoms with van der Waals surface area (Å²) in [6.07, 6.45) is 3.80. The number of nitrogens with two attached hydrogens (primary N) is 1. The first-order valence-electron chi connectivity index (χ1n) is 7.65. The minimum Gasteiger partial charge on any atom is -0.399 e. The van der Waals surface area contributed by atoms with Gasteiger partial charge in [-0.15, -0.1) is 11.3 Å². The summed E-state index contributed by atoms with van der Waals surface area (Å²) >= 11 is 4.97. The summed E-state index contributed by atoms with van der Waals surface area (Å²) in [6.45, 7) is 2.16. The highest BCUT2D eigenvalue weighted by Gasteiger charge is 2.54. The van der Waals surface area contributed by atoms with Crippen LogP contribution in [0.5, 0.6) is 0 Å². The predicted molar refractivity (Wildman–Crippen MR) is 95.2 cm³/mol. The van der Waals surface area contributed by atoms with Crippen molar-refractivity contribution in [3.05, 3.63) is 43.7 Å². The molecule has 1 aromatic heterocycles. The first-order valence-corrected chi connectivity index (χ1v) is 9.33. The Bertz CT molecular complexity index is 860. The second-order valence-electron chi connectivity index (χ2n) is 6.42. The quantitative estimate of drug-likeness (QED) is 0.759. The monoisotopic (exact) mass is 398 g/mol. The van der Waals surface area contributed by atoms with Gasteiger partial charge in [-0.05, 0) is 52.2 Å². The highest BCUT2D eigenvalue weighted by Crippen LogP contribution is 2.57. The topological polar surface area (TPSA) is 97.4 Å². The zero-order chi connectivity index (χ0) is 17.5. The van der Waals surface area contributed by atoms with E-state index in [0.29, 0.717) is 11.5 Å². The van der Waals surface area contributed by atoms with Crippen molar-refractivity contribution in [3.63, 3.8) is 0 Å². The van der Waals surface area contributed by atoms with Crippen LogP contribution in [0.4, 0.5) is 0 Å². The third-order valence-electron chi connectivity index (χ3n) is 5.01. The Morgan fingerprint density at radius 3 is 2.58 bits per heavy atom. The van der Waals surface area contributed by atoms with Crippen LogP contribution in [0.3, 0.4) is 0 Å². The van der Waals surface area contributed by atoms with Crippen LogP contribution in [0, 0.1) is 51.2 Å². The first-order chi connectivity index (χ1) is 11.5. The van der Waals surface area contributed by atoms with Crippen LogP contribution in [-0.2, 0) is 0 Å². The van der Waals surface area contributed by atoms with Gasteiger partial charge in [-0.2, -0.15) is 15.8 Å². The molecule has 4 nitrogen and oxygen atoms in total. The fourth-order valence-corrected chi connectivity index (χ4v) is 5.55. The van der Waals surface area contributed by atoms with E-state index in [1.807, 2.05) is 11.4 Å². The molecule has 0 spiro atoms. The molecule has 3 atom stereocenters. The van der Waals surface area contributed by atoms with E-state index >= 15 is 0 Å². The number of hydrogen-bond donors (Lipinski definition) is 1. The molecule has 0 saturated heterocycles. The van der Waals surface area contributed by atoms with E-state index in [-0.39, 0.29) is 17.5 Å². The fraction of sp³-hybridized carbons (Fsp3) is 0.389. The lowest BCUT2D eigenvalue weighted by Gasteiger charge is -2.43. The Morgan fingerprint density at radius 2 is 2.04 bits per heavy atom. The molecule has 0 bridgehead atoms. The standard InChI is InChI=1S/C18H15BrN4S/c1-10-2-3-12-13(4-10)16(15-5-11(19)7-24-15)18(8-21,9-22)17(23)14(12)6-20/h3,5,7,10,13,16H,2,4,23H2,1H3. The van der Waals surface area contributed by atoms with Gasteiger partial charge >= 0.3 is 0 Å². The van der Waals surface area contributed by atoms with Gasteiger partial charge in [-0.25, -0.2) is 0 Å². The van der Waals surface area contributed by atoms with Gasteiger partial charge in [0.1, 0.15) is 6.07 Å². The van der Waals surface area contributed by atoms with Crippen LogP contribution in [-0.4, -0.2) is 0 Å². The molecule has 120 valence electrons. The van der Waals surface area contributed by atoms with Gasteiger partial charge in [0.25, 0.3) is 0 Å². The molecular weight excluding hydrogens is 384 g/mol. The smallest absolute Gasteiger partial charge is 0.192 e. The Labute approximate surface area is 153 Å². The molecule has 3 rings (SSSR count). The highest BCUT2D eigenvalue weighted by atomic mass is 79.9. The fourth-order valence-electron chi connectivity index (χ4n) is 3.87. The van der Waals surface area contributed by atoms with Gasteiger partial charge in [-0.1, -0.05) is 13.0 Å². The van der Waals surface area contributed by atoms with Crippen LogP contribution in [0.25, 0.3) is 0 Å². The summed E-state index contributed by atoms with van der Waals surface area (Å²) in [6, 6.07) is 8.42. The normalized spacial score (nSPS) is 28.1. The molecule has 0 amide bonds. The third-order valence-corrected chi connectivity index (χ3v) is 6.78. The number of allylic oxidation sites excluding steroid dienone is 4. The molecule has 24 heavy (non-hydrogen) atoms. The minimum absolute atomic E-state index is 0.0412. The van der Waals surface area contributed by atoms with Crippen LogP contribution in [0.15, 0.2) is 38.8 Å². The Hall–Kier alpha value is -2.07.